The fourth-order valence-electron chi connectivity index (χ4n) is 2.53. The van der Waals surface area contributed by atoms with Gasteiger partial charge in [-0.1, -0.05) is 12.1 Å². The molecule has 3 rings (SSSR count). The second-order valence-electron chi connectivity index (χ2n) is 5.50. The summed E-state index contributed by atoms with van der Waals surface area (Å²) < 4.78 is 0. The molecule has 1 unspecified atom stereocenters. The van der Waals surface area contributed by atoms with Gasteiger partial charge in [-0.3, -0.25) is 9.59 Å². The molecule has 2 heterocycles. The van der Waals surface area contributed by atoms with Crippen LogP contribution < -0.4 is 16.4 Å². The highest BCUT2D eigenvalue weighted by atomic mass is 32.1. The minimum atomic E-state index is -0.202. The topological polar surface area (TPSA) is 97.1 Å². The van der Waals surface area contributed by atoms with Crippen molar-refractivity contribution in [2.24, 2.45) is 5.73 Å². The maximum absolute atomic E-state index is 12.3. The second-order valence-corrected chi connectivity index (χ2v) is 6.44. The molecule has 6 nitrogen and oxygen atoms in total. The molecule has 0 saturated carbocycles. The van der Waals surface area contributed by atoms with Crippen LogP contribution in [0, 0.1) is 0 Å². The summed E-state index contributed by atoms with van der Waals surface area (Å²) in [5.41, 5.74) is 8.69. The van der Waals surface area contributed by atoms with Crippen molar-refractivity contribution >= 4 is 28.8 Å². The van der Waals surface area contributed by atoms with E-state index < -0.39 is 0 Å². The Bertz CT molecular complexity index is 756. The molecule has 0 spiro atoms. The normalized spacial score (nSPS) is 14.3. The van der Waals surface area contributed by atoms with Crippen molar-refractivity contribution in [3.8, 4) is 0 Å². The Morgan fingerprint density at radius 3 is 3.13 bits per heavy atom. The average Bonchev–Trinajstić information content (AvgIpc) is 3.12. The molecule has 1 aromatic heterocycles. The quantitative estimate of drug-likeness (QED) is 0.776. The van der Waals surface area contributed by atoms with Crippen LogP contribution in [0.3, 0.4) is 0 Å². The number of aromatic nitrogens is 1. The number of carbonyl (C=O) groups excluding carboxylic acids is 2. The molecule has 23 heavy (non-hydrogen) atoms. The van der Waals surface area contributed by atoms with Crippen LogP contribution in [0.4, 0.5) is 5.69 Å². The summed E-state index contributed by atoms with van der Waals surface area (Å²) in [6.07, 6.45) is 1.07. The van der Waals surface area contributed by atoms with E-state index in [9.17, 15) is 9.59 Å². The molecular formula is C16H18N4O2S. The zero-order valence-corrected chi connectivity index (χ0v) is 13.6. The van der Waals surface area contributed by atoms with Crippen LogP contribution in [0.5, 0.6) is 0 Å². The molecule has 1 atom stereocenters. The lowest BCUT2D eigenvalue weighted by Crippen LogP contribution is -2.27. The molecule has 0 saturated heterocycles. The molecule has 7 heteroatoms. The Balaban J connectivity index is 1.69. The maximum Gasteiger partial charge on any atom is 0.271 e. The number of benzene rings is 1. The minimum absolute atomic E-state index is 0.00347. The third-order valence-electron chi connectivity index (χ3n) is 3.74. The Kier molecular flexibility index (Phi) is 4.40. The highest BCUT2D eigenvalue weighted by molar-refractivity contribution is 7.09. The molecule has 0 aliphatic carbocycles. The van der Waals surface area contributed by atoms with Crippen molar-refractivity contribution in [1.82, 2.24) is 10.3 Å². The predicted octanol–water partition coefficient (Wildman–Crippen LogP) is 1.63. The monoisotopic (exact) mass is 330 g/mol. The molecule has 0 fully saturated rings. The molecule has 1 aliphatic heterocycles. The maximum atomic E-state index is 12.3. The molecule has 1 aliphatic rings. The van der Waals surface area contributed by atoms with E-state index in [2.05, 4.69) is 15.6 Å². The third kappa shape index (κ3) is 3.40. The number of thiazole rings is 1. The van der Waals surface area contributed by atoms with E-state index in [-0.39, 0.29) is 17.9 Å². The molecule has 0 bridgehead atoms. The molecule has 2 amide bonds. The summed E-state index contributed by atoms with van der Waals surface area (Å²) in [4.78, 5) is 28.0. The minimum Gasteiger partial charge on any atom is -0.344 e. The van der Waals surface area contributed by atoms with Crippen LogP contribution in [-0.2, 0) is 17.6 Å². The fraction of sp³-hybridized carbons (Fsp3) is 0.312. The lowest BCUT2D eigenvalue weighted by molar-refractivity contribution is -0.115. The van der Waals surface area contributed by atoms with Crippen LogP contribution in [-0.4, -0.2) is 23.3 Å². The molecule has 0 radical (unpaired) electrons. The van der Waals surface area contributed by atoms with Gasteiger partial charge >= 0.3 is 0 Å². The molecule has 4 N–H and O–H groups in total. The number of hydrogen-bond acceptors (Lipinski definition) is 5. The first-order valence-electron chi connectivity index (χ1n) is 7.45. The summed E-state index contributed by atoms with van der Waals surface area (Å²) in [6.45, 7) is 2.43. The number of carbonyl (C=O) groups is 2. The smallest absolute Gasteiger partial charge is 0.271 e. The highest BCUT2D eigenvalue weighted by Crippen LogP contribution is 2.26. The van der Waals surface area contributed by atoms with Crippen molar-refractivity contribution in [3.05, 3.63) is 45.4 Å². The predicted molar refractivity (Wildman–Crippen MR) is 89.5 cm³/mol. The second kappa shape index (κ2) is 6.47. The van der Waals surface area contributed by atoms with Gasteiger partial charge in [-0.15, -0.1) is 11.3 Å². The number of hydrogen-bond donors (Lipinski definition) is 3. The van der Waals surface area contributed by atoms with Gasteiger partial charge in [-0.2, -0.15) is 0 Å². The first-order valence-corrected chi connectivity index (χ1v) is 8.33. The van der Waals surface area contributed by atoms with Crippen molar-refractivity contribution < 1.29 is 9.59 Å². The number of nitrogens with one attached hydrogen (secondary N) is 2. The number of nitrogens with zero attached hydrogens (tertiary/aromatic N) is 1. The van der Waals surface area contributed by atoms with E-state index >= 15 is 0 Å². The number of anilines is 1. The van der Waals surface area contributed by atoms with E-state index in [1.165, 1.54) is 11.3 Å². The highest BCUT2D eigenvalue weighted by Gasteiger charge is 2.20. The summed E-state index contributed by atoms with van der Waals surface area (Å²) in [5.74, 6) is -0.199. The van der Waals surface area contributed by atoms with E-state index in [0.29, 0.717) is 25.1 Å². The molecule has 120 valence electrons. The summed E-state index contributed by atoms with van der Waals surface area (Å²) in [7, 11) is 0. The van der Waals surface area contributed by atoms with E-state index in [4.69, 9.17) is 5.73 Å². The number of nitrogens with two attached hydrogens (primary N) is 1. The average molecular weight is 330 g/mol. The first-order chi connectivity index (χ1) is 11.1. The Morgan fingerprint density at radius 2 is 2.35 bits per heavy atom. The summed E-state index contributed by atoms with van der Waals surface area (Å²) >= 11 is 1.44. The SMILES string of the molecule is CC(NC(=O)c1csc(CCN)n1)c1ccc2c(c1)CC(=O)N2. The van der Waals surface area contributed by atoms with Crippen molar-refractivity contribution in [2.75, 3.05) is 11.9 Å². The van der Waals surface area contributed by atoms with Crippen molar-refractivity contribution in [2.45, 2.75) is 25.8 Å². The van der Waals surface area contributed by atoms with Gasteiger partial charge in [0.25, 0.3) is 5.91 Å². The largest absolute Gasteiger partial charge is 0.344 e. The summed E-state index contributed by atoms with van der Waals surface area (Å²) in [5, 5.41) is 8.35. The first kappa shape index (κ1) is 15.6. The standard InChI is InChI=1S/C16H18N4O2S/c1-9(10-2-3-12-11(6-10)7-14(21)19-12)18-16(22)13-8-23-15(20-13)4-5-17/h2-3,6,8-9H,4-5,7,17H2,1H3,(H,18,22)(H,19,21). The Labute approximate surface area is 138 Å². The van der Waals surface area contributed by atoms with Crippen LogP contribution in [0.1, 0.15) is 39.6 Å². The van der Waals surface area contributed by atoms with Gasteiger partial charge in [-0.25, -0.2) is 4.98 Å². The Morgan fingerprint density at radius 1 is 1.52 bits per heavy atom. The van der Waals surface area contributed by atoms with Gasteiger partial charge in [-0.05, 0) is 30.7 Å². The lowest BCUT2D eigenvalue weighted by atomic mass is 10.0. The molecular weight excluding hydrogens is 312 g/mol. The fourth-order valence-corrected chi connectivity index (χ4v) is 3.32. The van der Waals surface area contributed by atoms with Crippen molar-refractivity contribution in [3.63, 3.8) is 0 Å². The lowest BCUT2D eigenvalue weighted by Gasteiger charge is -2.14. The van der Waals surface area contributed by atoms with Crippen LogP contribution in [0.15, 0.2) is 23.6 Å². The van der Waals surface area contributed by atoms with Gasteiger partial charge in [0.15, 0.2) is 0 Å². The number of rotatable bonds is 5. The van der Waals surface area contributed by atoms with E-state index in [1.807, 2.05) is 25.1 Å². The van der Waals surface area contributed by atoms with E-state index in [1.54, 1.807) is 5.38 Å². The van der Waals surface area contributed by atoms with Crippen LogP contribution in [0.2, 0.25) is 0 Å². The summed E-state index contributed by atoms with van der Waals surface area (Å²) in [6, 6.07) is 5.58. The van der Waals surface area contributed by atoms with Gasteiger partial charge in [0, 0.05) is 17.5 Å². The van der Waals surface area contributed by atoms with Gasteiger partial charge in [0.1, 0.15) is 5.69 Å². The number of amides is 2. The zero-order chi connectivity index (χ0) is 16.4. The molecule has 1 aromatic carbocycles. The van der Waals surface area contributed by atoms with Gasteiger partial charge in [0.2, 0.25) is 5.91 Å². The van der Waals surface area contributed by atoms with Gasteiger partial charge in [0.05, 0.1) is 17.5 Å². The van der Waals surface area contributed by atoms with Crippen LogP contribution >= 0.6 is 11.3 Å². The van der Waals surface area contributed by atoms with E-state index in [0.717, 1.165) is 21.8 Å². The Hall–Kier alpha value is -2.25. The van der Waals surface area contributed by atoms with Crippen molar-refractivity contribution in [1.29, 1.82) is 0 Å². The number of fused-ring (bicyclic) bond motifs is 1. The van der Waals surface area contributed by atoms with Crippen LogP contribution in [0.25, 0.3) is 0 Å². The third-order valence-corrected chi connectivity index (χ3v) is 4.65. The zero-order valence-electron chi connectivity index (χ0n) is 12.8. The van der Waals surface area contributed by atoms with Gasteiger partial charge < -0.3 is 16.4 Å². The molecule has 2 aromatic rings.